The largest absolute Gasteiger partial charge is 0.457 e. The maximum atomic E-state index is 10.5. The zero-order chi connectivity index (χ0) is 11.0. The van der Waals surface area contributed by atoms with Gasteiger partial charge in [0.1, 0.15) is 5.76 Å². The fraction of sp³-hybridized carbons (Fsp3) is 0.615. The van der Waals surface area contributed by atoms with Crippen molar-refractivity contribution in [3.8, 4) is 0 Å². The Hall–Kier alpha value is -1.09. The minimum atomic E-state index is 0.439. The van der Waals surface area contributed by atoms with E-state index in [1.54, 1.807) is 6.07 Å². The van der Waals surface area contributed by atoms with E-state index < -0.39 is 0 Å². The molecule has 1 aliphatic carbocycles. The molecule has 0 spiro atoms. The van der Waals surface area contributed by atoms with E-state index in [0.717, 1.165) is 30.4 Å². The predicted molar refractivity (Wildman–Crippen MR) is 60.2 cm³/mol. The fourth-order valence-electron chi connectivity index (χ4n) is 3.22. The van der Waals surface area contributed by atoms with Crippen LogP contribution in [-0.2, 0) is 6.54 Å². The Bertz CT molecular complexity index is 373. The first-order valence-electron chi connectivity index (χ1n) is 6.11. The average Bonchev–Trinajstić information content (AvgIpc) is 2.92. The summed E-state index contributed by atoms with van der Waals surface area (Å²) in [7, 11) is 0. The molecule has 3 heteroatoms. The molecule has 0 amide bonds. The van der Waals surface area contributed by atoms with E-state index >= 15 is 0 Å². The van der Waals surface area contributed by atoms with Crippen LogP contribution in [0.5, 0.6) is 0 Å². The van der Waals surface area contributed by atoms with Crippen molar-refractivity contribution in [1.82, 2.24) is 4.90 Å². The van der Waals surface area contributed by atoms with Gasteiger partial charge in [0.05, 0.1) is 6.54 Å². The van der Waals surface area contributed by atoms with Crippen molar-refractivity contribution in [1.29, 1.82) is 0 Å². The Labute approximate surface area is 95.4 Å². The second kappa shape index (κ2) is 4.06. The van der Waals surface area contributed by atoms with Gasteiger partial charge in [0.2, 0.25) is 0 Å². The lowest BCUT2D eigenvalue weighted by molar-refractivity contribution is 0.109. The van der Waals surface area contributed by atoms with Gasteiger partial charge < -0.3 is 4.42 Å². The Morgan fingerprint density at radius 3 is 2.69 bits per heavy atom. The highest BCUT2D eigenvalue weighted by molar-refractivity contribution is 5.70. The number of hydrogen-bond acceptors (Lipinski definition) is 3. The van der Waals surface area contributed by atoms with Crippen LogP contribution < -0.4 is 0 Å². The lowest BCUT2D eigenvalue weighted by Crippen LogP contribution is -2.20. The van der Waals surface area contributed by atoms with Crippen molar-refractivity contribution >= 4 is 6.29 Å². The molecule has 16 heavy (non-hydrogen) atoms. The molecule has 2 atom stereocenters. The minimum Gasteiger partial charge on any atom is -0.457 e. The van der Waals surface area contributed by atoms with Crippen molar-refractivity contribution in [3.63, 3.8) is 0 Å². The van der Waals surface area contributed by atoms with Gasteiger partial charge >= 0.3 is 0 Å². The van der Waals surface area contributed by atoms with Crippen LogP contribution in [-0.4, -0.2) is 24.3 Å². The van der Waals surface area contributed by atoms with E-state index in [9.17, 15) is 4.79 Å². The highest BCUT2D eigenvalue weighted by atomic mass is 16.3. The molecule has 0 N–H and O–H groups in total. The zero-order valence-corrected chi connectivity index (χ0v) is 9.39. The quantitative estimate of drug-likeness (QED) is 0.731. The summed E-state index contributed by atoms with van der Waals surface area (Å²) in [4.78, 5) is 13.0. The van der Waals surface area contributed by atoms with Gasteiger partial charge in [-0.2, -0.15) is 0 Å². The maximum Gasteiger partial charge on any atom is 0.185 e. The van der Waals surface area contributed by atoms with Gasteiger partial charge in [0.25, 0.3) is 0 Å². The molecule has 0 radical (unpaired) electrons. The standard InChI is InChI=1S/C13H17NO2/c15-9-13-5-4-12(16-13)8-14-6-10-2-1-3-11(10)7-14/h4-5,9-11H,1-3,6-8H2. The highest BCUT2D eigenvalue weighted by Crippen LogP contribution is 2.38. The molecule has 3 nitrogen and oxygen atoms in total. The second-order valence-electron chi connectivity index (χ2n) is 5.07. The van der Waals surface area contributed by atoms with Gasteiger partial charge in [-0.05, 0) is 36.8 Å². The average molecular weight is 219 g/mol. The monoisotopic (exact) mass is 219 g/mol. The molecule has 2 unspecified atom stereocenters. The number of hydrogen-bond donors (Lipinski definition) is 0. The van der Waals surface area contributed by atoms with E-state index in [4.69, 9.17) is 4.42 Å². The van der Waals surface area contributed by atoms with E-state index in [1.165, 1.54) is 32.4 Å². The van der Waals surface area contributed by atoms with Crippen LogP contribution in [0.2, 0.25) is 0 Å². The van der Waals surface area contributed by atoms with Crippen LogP contribution in [0.4, 0.5) is 0 Å². The van der Waals surface area contributed by atoms with Crippen molar-refractivity contribution in [2.45, 2.75) is 25.8 Å². The summed E-state index contributed by atoms with van der Waals surface area (Å²) in [5.74, 6) is 3.19. The first-order valence-corrected chi connectivity index (χ1v) is 6.11. The van der Waals surface area contributed by atoms with Crippen LogP contribution in [0.25, 0.3) is 0 Å². The zero-order valence-electron chi connectivity index (χ0n) is 9.39. The molecule has 86 valence electrons. The molecular formula is C13H17NO2. The molecule has 1 aliphatic heterocycles. The van der Waals surface area contributed by atoms with E-state index in [-0.39, 0.29) is 0 Å². The van der Waals surface area contributed by atoms with Gasteiger partial charge in [-0.15, -0.1) is 0 Å². The number of likely N-dealkylation sites (tertiary alicyclic amines) is 1. The summed E-state index contributed by atoms with van der Waals surface area (Å²) in [6.07, 6.45) is 4.99. The molecule has 2 heterocycles. The van der Waals surface area contributed by atoms with Crippen molar-refractivity contribution in [2.24, 2.45) is 11.8 Å². The topological polar surface area (TPSA) is 33.5 Å². The summed E-state index contributed by atoms with van der Waals surface area (Å²) in [5, 5.41) is 0. The third-order valence-corrected chi connectivity index (χ3v) is 3.98. The number of aldehydes is 1. The lowest BCUT2D eigenvalue weighted by atomic mass is 10.0. The maximum absolute atomic E-state index is 10.5. The van der Waals surface area contributed by atoms with E-state index in [1.807, 2.05) is 6.07 Å². The summed E-state index contributed by atoms with van der Waals surface area (Å²) >= 11 is 0. The Kier molecular flexibility index (Phi) is 2.56. The van der Waals surface area contributed by atoms with Crippen molar-refractivity contribution in [3.05, 3.63) is 23.7 Å². The molecule has 2 fully saturated rings. The SMILES string of the molecule is O=Cc1ccc(CN2CC3CCCC3C2)o1. The smallest absolute Gasteiger partial charge is 0.185 e. The Morgan fingerprint density at radius 1 is 1.31 bits per heavy atom. The first kappa shape index (κ1) is 10.1. The minimum absolute atomic E-state index is 0.439. The van der Waals surface area contributed by atoms with E-state index in [0.29, 0.717) is 5.76 Å². The van der Waals surface area contributed by atoms with Gasteiger partial charge in [0, 0.05) is 13.1 Å². The van der Waals surface area contributed by atoms with E-state index in [2.05, 4.69) is 4.90 Å². The lowest BCUT2D eigenvalue weighted by Gasteiger charge is -2.14. The molecule has 3 rings (SSSR count). The van der Waals surface area contributed by atoms with Crippen molar-refractivity contribution in [2.75, 3.05) is 13.1 Å². The summed E-state index contributed by atoms with van der Waals surface area (Å²) in [6, 6.07) is 3.66. The highest BCUT2D eigenvalue weighted by Gasteiger charge is 2.35. The summed E-state index contributed by atoms with van der Waals surface area (Å²) < 4.78 is 5.41. The summed E-state index contributed by atoms with van der Waals surface area (Å²) in [6.45, 7) is 3.28. The third-order valence-electron chi connectivity index (χ3n) is 3.98. The number of rotatable bonds is 3. The molecule has 0 aromatic carbocycles. The van der Waals surface area contributed by atoms with Gasteiger partial charge in [-0.1, -0.05) is 6.42 Å². The molecular weight excluding hydrogens is 202 g/mol. The number of fused-ring (bicyclic) bond motifs is 1. The second-order valence-corrected chi connectivity index (χ2v) is 5.07. The number of nitrogens with zero attached hydrogens (tertiary/aromatic N) is 1. The Balaban J connectivity index is 1.61. The van der Waals surface area contributed by atoms with Crippen LogP contribution >= 0.6 is 0 Å². The molecule has 2 aliphatic rings. The normalized spacial score (nSPS) is 29.5. The molecule has 1 aromatic rings. The number of carbonyl (C=O) groups is 1. The van der Waals surface area contributed by atoms with Gasteiger partial charge in [-0.25, -0.2) is 0 Å². The molecule has 1 aromatic heterocycles. The van der Waals surface area contributed by atoms with Crippen LogP contribution in [0.1, 0.15) is 35.6 Å². The molecule has 1 saturated carbocycles. The first-order chi connectivity index (χ1) is 7.85. The third kappa shape index (κ3) is 1.80. The molecule has 1 saturated heterocycles. The van der Waals surface area contributed by atoms with Crippen LogP contribution in [0, 0.1) is 11.8 Å². The predicted octanol–water partition coefficient (Wildman–Crippen LogP) is 2.32. The van der Waals surface area contributed by atoms with Crippen molar-refractivity contribution < 1.29 is 9.21 Å². The van der Waals surface area contributed by atoms with Crippen LogP contribution in [0.3, 0.4) is 0 Å². The summed E-state index contributed by atoms with van der Waals surface area (Å²) in [5.41, 5.74) is 0. The fourth-order valence-corrected chi connectivity index (χ4v) is 3.22. The number of carbonyl (C=O) groups excluding carboxylic acids is 1. The van der Waals surface area contributed by atoms with Crippen LogP contribution in [0.15, 0.2) is 16.5 Å². The Morgan fingerprint density at radius 2 is 2.06 bits per heavy atom. The number of furan rings is 1. The molecule has 0 bridgehead atoms. The van der Waals surface area contributed by atoms with Gasteiger partial charge in [-0.3, -0.25) is 9.69 Å². The van der Waals surface area contributed by atoms with Gasteiger partial charge in [0.15, 0.2) is 12.0 Å².